The summed E-state index contributed by atoms with van der Waals surface area (Å²) < 4.78 is 0. The number of rotatable bonds is 4. The summed E-state index contributed by atoms with van der Waals surface area (Å²) in [6, 6.07) is 0.0774. The van der Waals surface area contributed by atoms with Crippen LogP contribution in [0.5, 0.6) is 0 Å². The first-order chi connectivity index (χ1) is 5.70. The normalized spacial score (nSPS) is 25.6. The first kappa shape index (κ1) is 9.86. The standard InChI is InChI=1S/C8H15NO2S/c9-6(3-4-8(10)11)7-2-1-5-12-7/h6-7H,1-5,9H2,(H,10,11). The maximum Gasteiger partial charge on any atom is 0.303 e. The molecule has 3 nitrogen and oxygen atoms in total. The molecule has 0 aromatic heterocycles. The Morgan fingerprint density at radius 2 is 2.50 bits per heavy atom. The Balaban J connectivity index is 2.17. The van der Waals surface area contributed by atoms with Gasteiger partial charge >= 0.3 is 5.97 Å². The van der Waals surface area contributed by atoms with Gasteiger partial charge in [0.25, 0.3) is 0 Å². The summed E-state index contributed by atoms with van der Waals surface area (Å²) >= 11 is 1.88. The molecule has 0 spiro atoms. The van der Waals surface area contributed by atoms with Crippen LogP contribution in [0.15, 0.2) is 0 Å². The third-order valence-electron chi connectivity index (χ3n) is 2.13. The number of carboxylic acid groups (broad SMARTS) is 1. The molecule has 2 atom stereocenters. The van der Waals surface area contributed by atoms with Gasteiger partial charge in [0.2, 0.25) is 0 Å². The third-order valence-corrected chi connectivity index (χ3v) is 3.67. The molecular weight excluding hydrogens is 174 g/mol. The Labute approximate surface area is 76.7 Å². The van der Waals surface area contributed by atoms with E-state index in [1.807, 2.05) is 11.8 Å². The van der Waals surface area contributed by atoms with E-state index >= 15 is 0 Å². The van der Waals surface area contributed by atoms with Crippen LogP contribution in [0.2, 0.25) is 0 Å². The lowest BCUT2D eigenvalue weighted by molar-refractivity contribution is -0.137. The highest BCUT2D eigenvalue weighted by Crippen LogP contribution is 2.29. The molecule has 0 saturated carbocycles. The molecule has 70 valence electrons. The van der Waals surface area contributed by atoms with Crippen molar-refractivity contribution >= 4 is 17.7 Å². The lowest BCUT2D eigenvalue weighted by Crippen LogP contribution is -2.31. The molecule has 1 aliphatic rings. The molecule has 0 aliphatic carbocycles. The summed E-state index contributed by atoms with van der Waals surface area (Å²) in [7, 11) is 0. The first-order valence-corrected chi connectivity index (χ1v) is 5.34. The largest absolute Gasteiger partial charge is 0.481 e. The Bertz CT molecular complexity index is 157. The van der Waals surface area contributed by atoms with Crippen molar-refractivity contribution in [1.29, 1.82) is 0 Å². The average molecular weight is 189 g/mol. The average Bonchev–Trinajstić information content (AvgIpc) is 2.51. The van der Waals surface area contributed by atoms with E-state index < -0.39 is 5.97 Å². The lowest BCUT2D eigenvalue weighted by Gasteiger charge is -2.16. The molecule has 0 aromatic rings. The second-order valence-corrected chi connectivity index (χ2v) is 4.49. The number of aliphatic carboxylic acids is 1. The second kappa shape index (κ2) is 4.72. The van der Waals surface area contributed by atoms with E-state index in [0.29, 0.717) is 11.7 Å². The molecule has 4 heteroatoms. The molecule has 0 aromatic carbocycles. The van der Waals surface area contributed by atoms with Gasteiger partial charge in [0.05, 0.1) is 0 Å². The Morgan fingerprint density at radius 3 is 3.00 bits per heavy atom. The minimum absolute atomic E-state index is 0.0774. The topological polar surface area (TPSA) is 63.3 Å². The van der Waals surface area contributed by atoms with Gasteiger partial charge in [0, 0.05) is 17.7 Å². The van der Waals surface area contributed by atoms with Gasteiger partial charge in [-0.3, -0.25) is 4.79 Å². The highest BCUT2D eigenvalue weighted by atomic mass is 32.2. The third kappa shape index (κ3) is 3.03. The number of thioether (sulfide) groups is 1. The fourth-order valence-electron chi connectivity index (χ4n) is 1.42. The van der Waals surface area contributed by atoms with E-state index in [4.69, 9.17) is 10.8 Å². The summed E-state index contributed by atoms with van der Waals surface area (Å²) in [5.41, 5.74) is 5.84. The minimum atomic E-state index is -0.742. The predicted molar refractivity (Wildman–Crippen MR) is 50.3 cm³/mol. The molecule has 2 unspecified atom stereocenters. The van der Waals surface area contributed by atoms with E-state index in [-0.39, 0.29) is 12.5 Å². The number of nitrogens with two attached hydrogens (primary N) is 1. The quantitative estimate of drug-likeness (QED) is 0.694. The van der Waals surface area contributed by atoms with Gasteiger partial charge in [-0.2, -0.15) is 11.8 Å². The highest BCUT2D eigenvalue weighted by molar-refractivity contribution is 8.00. The van der Waals surface area contributed by atoms with Crippen molar-refractivity contribution in [2.75, 3.05) is 5.75 Å². The maximum atomic E-state index is 10.3. The molecular formula is C8H15NO2S. The van der Waals surface area contributed by atoms with Crippen LogP contribution in [0.3, 0.4) is 0 Å². The van der Waals surface area contributed by atoms with Crippen LogP contribution in [0.1, 0.15) is 25.7 Å². The lowest BCUT2D eigenvalue weighted by atomic mass is 10.1. The van der Waals surface area contributed by atoms with Crippen LogP contribution in [0.25, 0.3) is 0 Å². The van der Waals surface area contributed by atoms with Crippen LogP contribution in [0.4, 0.5) is 0 Å². The van der Waals surface area contributed by atoms with Gasteiger partial charge in [0.1, 0.15) is 0 Å². The summed E-state index contributed by atoms with van der Waals surface area (Å²) in [6.07, 6.45) is 3.22. The Kier molecular flexibility index (Phi) is 3.88. The molecule has 1 heterocycles. The van der Waals surface area contributed by atoms with Crippen LogP contribution in [-0.4, -0.2) is 28.1 Å². The Hall–Kier alpha value is -0.220. The number of carbonyl (C=O) groups is 1. The number of hydrogen-bond acceptors (Lipinski definition) is 3. The van der Waals surface area contributed by atoms with Gasteiger partial charge in [-0.1, -0.05) is 0 Å². The predicted octanol–water partition coefficient (Wildman–Crippen LogP) is 1.07. The molecule has 0 amide bonds. The summed E-state index contributed by atoms with van der Waals surface area (Å²) in [5, 5.41) is 8.95. The minimum Gasteiger partial charge on any atom is -0.481 e. The first-order valence-electron chi connectivity index (χ1n) is 4.29. The van der Waals surface area contributed by atoms with E-state index in [1.54, 1.807) is 0 Å². The second-order valence-electron chi connectivity index (χ2n) is 3.15. The molecule has 0 bridgehead atoms. The van der Waals surface area contributed by atoms with Crippen molar-refractivity contribution in [1.82, 2.24) is 0 Å². The van der Waals surface area contributed by atoms with Crippen molar-refractivity contribution < 1.29 is 9.90 Å². The van der Waals surface area contributed by atoms with Crippen molar-refractivity contribution in [2.45, 2.75) is 37.0 Å². The monoisotopic (exact) mass is 189 g/mol. The van der Waals surface area contributed by atoms with Gasteiger partial charge < -0.3 is 10.8 Å². The summed E-state index contributed by atoms with van der Waals surface area (Å²) in [6.45, 7) is 0. The highest BCUT2D eigenvalue weighted by Gasteiger charge is 2.22. The van der Waals surface area contributed by atoms with Crippen molar-refractivity contribution in [3.8, 4) is 0 Å². The maximum absolute atomic E-state index is 10.3. The zero-order valence-corrected chi connectivity index (χ0v) is 7.85. The van der Waals surface area contributed by atoms with Gasteiger partial charge in [-0.25, -0.2) is 0 Å². The van der Waals surface area contributed by atoms with E-state index in [1.165, 1.54) is 12.2 Å². The van der Waals surface area contributed by atoms with Crippen molar-refractivity contribution in [3.63, 3.8) is 0 Å². The molecule has 1 fully saturated rings. The molecule has 1 saturated heterocycles. The molecule has 3 N–H and O–H groups in total. The summed E-state index contributed by atoms with van der Waals surface area (Å²) in [4.78, 5) is 10.3. The SMILES string of the molecule is NC(CCC(=O)O)C1CCCS1. The van der Waals surface area contributed by atoms with Crippen molar-refractivity contribution in [2.24, 2.45) is 5.73 Å². The van der Waals surface area contributed by atoms with E-state index in [0.717, 1.165) is 6.42 Å². The van der Waals surface area contributed by atoms with Crippen LogP contribution in [-0.2, 0) is 4.79 Å². The smallest absolute Gasteiger partial charge is 0.303 e. The van der Waals surface area contributed by atoms with E-state index in [9.17, 15) is 4.79 Å². The zero-order chi connectivity index (χ0) is 8.97. The van der Waals surface area contributed by atoms with Gasteiger partial charge in [-0.05, 0) is 25.0 Å². The Morgan fingerprint density at radius 1 is 1.75 bits per heavy atom. The van der Waals surface area contributed by atoms with E-state index in [2.05, 4.69) is 0 Å². The van der Waals surface area contributed by atoms with Crippen LogP contribution >= 0.6 is 11.8 Å². The van der Waals surface area contributed by atoms with Gasteiger partial charge in [-0.15, -0.1) is 0 Å². The number of hydrogen-bond donors (Lipinski definition) is 2. The summed E-state index contributed by atoms with van der Waals surface area (Å²) in [5.74, 6) is 0.444. The molecule has 1 rings (SSSR count). The fourth-order valence-corrected chi connectivity index (χ4v) is 2.77. The molecule has 1 aliphatic heterocycles. The molecule has 0 radical (unpaired) electrons. The van der Waals surface area contributed by atoms with Crippen molar-refractivity contribution in [3.05, 3.63) is 0 Å². The molecule has 12 heavy (non-hydrogen) atoms. The number of carboxylic acids is 1. The zero-order valence-electron chi connectivity index (χ0n) is 7.03. The van der Waals surface area contributed by atoms with Crippen LogP contribution in [0, 0.1) is 0 Å². The fraction of sp³-hybridized carbons (Fsp3) is 0.875. The van der Waals surface area contributed by atoms with Gasteiger partial charge in [0.15, 0.2) is 0 Å². The van der Waals surface area contributed by atoms with Crippen LogP contribution < -0.4 is 5.73 Å².